The molecule has 1 fully saturated rings. The van der Waals surface area contributed by atoms with Crippen LogP contribution in [0.2, 0.25) is 0 Å². The normalized spacial score (nSPS) is 16.1. The number of benzene rings is 2. The van der Waals surface area contributed by atoms with Crippen molar-refractivity contribution < 1.29 is 17.5 Å². The summed E-state index contributed by atoms with van der Waals surface area (Å²) >= 11 is 0. The molecule has 1 unspecified atom stereocenters. The van der Waals surface area contributed by atoms with Crippen molar-refractivity contribution in [2.45, 2.75) is 24.2 Å². The molecule has 1 aromatic heterocycles. The lowest BCUT2D eigenvalue weighted by atomic mass is 10.1. The monoisotopic (exact) mass is 543 g/mol. The van der Waals surface area contributed by atoms with Gasteiger partial charge in [0, 0.05) is 43.3 Å². The first kappa shape index (κ1) is 29.3. The van der Waals surface area contributed by atoms with E-state index in [4.69, 9.17) is 4.74 Å². The molecule has 3 aromatic rings. The van der Waals surface area contributed by atoms with Gasteiger partial charge in [0.1, 0.15) is 11.6 Å². The third-order valence-electron chi connectivity index (χ3n) is 6.17. The Morgan fingerprint density at radius 3 is 2.66 bits per heavy atom. The Balaban J connectivity index is 0.00000216. The zero-order valence-electron chi connectivity index (χ0n) is 19.7. The number of halogens is 3. The minimum Gasteiger partial charge on any atom is -0.494 e. The van der Waals surface area contributed by atoms with Crippen LogP contribution in [0.4, 0.5) is 4.39 Å². The van der Waals surface area contributed by atoms with Gasteiger partial charge >= 0.3 is 0 Å². The lowest BCUT2D eigenvalue weighted by molar-refractivity contribution is 0.271. The number of likely N-dealkylation sites (tertiary alicyclic amines) is 1. The van der Waals surface area contributed by atoms with Crippen LogP contribution in [0.25, 0.3) is 10.8 Å². The number of ether oxygens (including phenoxy) is 1. The molecule has 1 aliphatic rings. The number of fused-ring (bicyclic) bond motifs is 1. The van der Waals surface area contributed by atoms with Crippen molar-refractivity contribution in [1.29, 1.82) is 0 Å². The minimum atomic E-state index is -3.58. The summed E-state index contributed by atoms with van der Waals surface area (Å²) in [5, 5.41) is 1.53. The highest BCUT2D eigenvalue weighted by atomic mass is 35.5. The topological polar surface area (TPSA) is 62.7 Å². The Kier molecular flexibility index (Phi) is 11.2. The molecule has 2 heterocycles. The highest BCUT2D eigenvalue weighted by Crippen LogP contribution is 2.26. The standard InChI is InChI=1S/C25H30FN3O3S.2ClH/c1-28(33(30,31)25-6-4-5-21-17-27-13-11-24(21)25)18-20-12-15-29(19-20)14-2-3-16-32-23-9-7-22(26)8-10-23;;/h4-11,13,17,20H,2-3,12,14-16,18-19H2,1H3;2*1H. The van der Waals surface area contributed by atoms with Gasteiger partial charge in [0.2, 0.25) is 10.0 Å². The van der Waals surface area contributed by atoms with Crippen molar-refractivity contribution in [3.05, 3.63) is 66.7 Å². The van der Waals surface area contributed by atoms with E-state index >= 15 is 0 Å². The second kappa shape index (κ2) is 13.4. The van der Waals surface area contributed by atoms with Crippen molar-refractivity contribution in [3.8, 4) is 5.75 Å². The van der Waals surface area contributed by atoms with Gasteiger partial charge in [0.05, 0.1) is 11.5 Å². The molecule has 6 nitrogen and oxygen atoms in total. The minimum absolute atomic E-state index is 0. The summed E-state index contributed by atoms with van der Waals surface area (Å²) < 4.78 is 46.6. The van der Waals surface area contributed by atoms with E-state index in [1.165, 1.54) is 16.4 Å². The molecule has 1 atom stereocenters. The molecule has 192 valence electrons. The third kappa shape index (κ3) is 7.51. The Hall–Kier alpha value is -1.97. The van der Waals surface area contributed by atoms with E-state index in [0.29, 0.717) is 35.1 Å². The maximum atomic E-state index is 13.3. The molecular weight excluding hydrogens is 512 g/mol. The summed E-state index contributed by atoms with van der Waals surface area (Å²) in [6, 6.07) is 13.1. The van der Waals surface area contributed by atoms with Crippen LogP contribution >= 0.6 is 24.8 Å². The summed E-state index contributed by atoms with van der Waals surface area (Å²) in [4.78, 5) is 6.82. The lowest BCUT2D eigenvalue weighted by Crippen LogP contribution is -2.33. The number of nitrogens with zero attached hydrogens (tertiary/aromatic N) is 3. The highest BCUT2D eigenvalue weighted by Gasteiger charge is 2.29. The van der Waals surface area contributed by atoms with Gasteiger partial charge in [-0.2, -0.15) is 0 Å². The second-order valence-corrected chi connectivity index (χ2v) is 10.6. The largest absolute Gasteiger partial charge is 0.494 e. The van der Waals surface area contributed by atoms with Gasteiger partial charge in [-0.05, 0) is 74.7 Å². The first-order valence-electron chi connectivity index (χ1n) is 11.3. The summed E-state index contributed by atoms with van der Waals surface area (Å²) in [5.74, 6) is 0.736. The molecule has 0 bridgehead atoms. The van der Waals surface area contributed by atoms with Crippen LogP contribution in [0.15, 0.2) is 65.8 Å². The quantitative estimate of drug-likeness (QED) is 0.336. The van der Waals surface area contributed by atoms with E-state index < -0.39 is 10.0 Å². The van der Waals surface area contributed by atoms with Crippen molar-refractivity contribution in [2.24, 2.45) is 5.92 Å². The summed E-state index contributed by atoms with van der Waals surface area (Å²) in [5.41, 5.74) is 0. The first-order valence-corrected chi connectivity index (χ1v) is 12.8. The third-order valence-corrected chi connectivity index (χ3v) is 8.05. The van der Waals surface area contributed by atoms with Gasteiger partial charge < -0.3 is 9.64 Å². The van der Waals surface area contributed by atoms with Gasteiger partial charge in [-0.25, -0.2) is 17.1 Å². The van der Waals surface area contributed by atoms with Crippen molar-refractivity contribution in [2.75, 3.05) is 39.8 Å². The number of unbranched alkanes of at least 4 members (excludes halogenated alkanes) is 1. The zero-order valence-corrected chi connectivity index (χ0v) is 22.1. The van der Waals surface area contributed by atoms with Crippen LogP contribution in [0.5, 0.6) is 5.75 Å². The SMILES string of the molecule is CN(CC1CCN(CCCCOc2ccc(F)cc2)C1)S(=O)(=O)c1cccc2cnccc12.Cl.Cl. The number of pyridine rings is 1. The van der Waals surface area contributed by atoms with Crippen LogP contribution in [0.1, 0.15) is 19.3 Å². The second-order valence-electron chi connectivity index (χ2n) is 8.60. The number of hydrogen-bond acceptors (Lipinski definition) is 5. The smallest absolute Gasteiger partial charge is 0.243 e. The zero-order chi connectivity index (χ0) is 23.3. The molecule has 4 rings (SSSR count). The Labute approximate surface area is 219 Å². The Morgan fingerprint density at radius 2 is 1.89 bits per heavy atom. The van der Waals surface area contributed by atoms with E-state index in [-0.39, 0.29) is 30.6 Å². The molecule has 1 saturated heterocycles. The predicted octanol–water partition coefficient (Wildman–Crippen LogP) is 5.02. The summed E-state index contributed by atoms with van der Waals surface area (Å²) in [7, 11) is -1.91. The van der Waals surface area contributed by atoms with Crippen molar-refractivity contribution in [1.82, 2.24) is 14.2 Å². The molecule has 0 radical (unpaired) electrons. The van der Waals surface area contributed by atoms with Gasteiger partial charge in [-0.1, -0.05) is 12.1 Å². The van der Waals surface area contributed by atoms with Gasteiger partial charge in [0.25, 0.3) is 0 Å². The van der Waals surface area contributed by atoms with Crippen LogP contribution in [-0.4, -0.2) is 62.4 Å². The first-order chi connectivity index (χ1) is 15.9. The van der Waals surface area contributed by atoms with Crippen molar-refractivity contribution >= 4 is 45.6 Å². The molecular formula is C25H32Cl2FN3O3S. The molecule has 2 aromatic carbocycles. The van der Waals surface area contributed by atoms with E-state index in [1.807, 2.05) is 6.07 Å². The molecule has 0 aliphatic carbocycles. The lowest BCUT2D eigenvalue weighted by Gasteiger charge is -2.22. The molecule has 0 amide bonds. The van der Waals surface area contributed by atoms with Crippen LogP contribution in [-0.2, 0) is 10.0 Å². The fourth-order valence-electron chi connectivity index (χ4n) is 4.37. The van der Waals surface area contributed by atoms with E-state index in [1.54, 1.807) is 49.8 Å². The number of hydrogen-bond donors (Lipinski definition) is 0. The maximum Gasteiger partial charge on any atom is 0.243 e. The molecule has 1 aliphatic heterocycles. The van der Waals surface area contributed by atoms with E-state index in [9.17, 15) is 12.8 Å². The van der Waals surface area contributed by atoms with Crippen LogP contribution < -0.4 is 4.74 Å². The van der Waals surface area contributed by atoms with Gasteiger partial charge in [-0.3, -0.25) is 4.98 Å². The fraction of sp³-hybridized carbons (Fsp3) is 0.400. The van der Waals surface area contributed by atoms with Gasteiger partial charge in [0.15, 0.2) is 0 Å². The molecule has 35 heavy (non-hydrogen) atoms. The summed E-state index contributed by atoms with van der Waals surface area (Å²) in [6.07, 6.45) is 6.23. The number of sulfonamides is 1. The molecule has 10 heteroatoms. The molecule has 0 N–H and O–H groups in total. The van der Waals surface area contributed by atoms with Gasteiger partial charge in [-0.15, -0.1) is 24.8 Å². The van der Waals surface area contributed by atoms with E-state index in [0.717, 1.165) is 44.3 Å². The predicted molar refractivity (Wildman–Crippen MR) is 142 cm³/mol. The molecule has 0 saturated carbocycles. The van der Waals surface area contributed by atoms with E-state index in [2.05, 4.69) is 9.88 Å². The van der Waals surface area contributed by atoms with Crippen LogP contribution in [0, 0.1) is 11.7 Å². The average Bonchev–Trinajstić information content (AvgIpc) is 3.26. The van der Waals surface area contributed by atoms with Crippen LogP contribution in [0.3, 0.4) is 0 Å². The Morgan fingerprint density at radius 1 is 1.11 bits per heavy atom. The van der Waals surface area contributed by atoms with Crippen molar-refractivity contribution in [3.63, 3.8) is 0 Å². The number of aromatic nitrogens is 1. The number of rotatable bonds is 10. The molecule has 0 spiro atoms. The average molecular weight is 545 g/mol. The fourth-order valence-corrected chi connectivity index (χ4v) is 5.83. The summed E-state index contributed by atoms with van der Waals surface area (Å²) in [6.45, 7) is 3.96. The maximum absolute atomic E-state index is 13.3. The highest BCUT2D eigenvalue weighted by molar-refractivity contribution is 7.89. The Bertz CT molecular complexity index is 1180.